The summed E-state index contributed by atoms with van der Waals surface area (Å²) in [7, 11) is 0. The monoisotopic (exact) mass is 637 g/mol. The Morgan fingerprint density at radius 2 is 1.00 bits per heavy atom. The molecule has 0 N–H and O–H groups in total. The molecule has 0 aliphatic rings. The highest BCUT2D eigenvalue weighted by atomic mass is 16.3. The molecule has 10 rings (SSSR count). The standard InChI is InChI=1S/C48H30O/c1-2-13-31(14-3-1)33-27-28-42-45(30-33)49-44-26-12-25-43(48(42)44)47-40-22-8-6-20-38(40)46(39-21-7-9-23-41(39)47)35-18-10-17-34(29-35)37-24-11-16-32-15-4-5-19-36(32)37/h1-30H/i1D,2D,3D,10D,12D,13D,14D,17D,18D,25D,26D,27D,28D,29D,30D. The second kappa shape index (κ2) is 11.1. The van der Waals surface area contributed by atoms with Gasteiger partial charge in [0.05, 0.1) is 20.6 Å². The van der Waals surface area contributed by atoms with Crippen LogP contribution < -0.4 is 0 Å². The second-order valence-electron chi connectivity index (χ2n) is 11.6. The summed E-state index contributed by atoms with van der Waals surface area (Å²) < 4.78 is 141. The van der Waals surface area contributed by atoms with E-state index in [1.807, 2.05) is 36.4 Å². The normalized spacial score (nSPS) is 16.0. The fraction of sp³-hybridized carbons (Fsp3) is 0. The molecule has 0 saturated carbocycles. The van der Waals surface area contributed by atoms with E-state index in [-0.39, 0.29) is 62.8 Å². The first-order valence-electron chi connectivity index (χ1n) is 23.1. The van der Waals surface area contributed by atoms with Gasteiger partial charge in [-0.05, 0) is 101 Å². The van der Waals surface area contributed by atoms with Crippen molar-refractivity contribution in [1.29, 1.82) is 0 Å². The maximum absolute atomic E-state index is 9.79. The van der Waals surface area contributed by atoms with E-state index in [0.29, 0.717) is 38.2 Å². The molecule has 1 heterocycles. The van der Waals surface area contributed by atoms with E-state index in [4.69, 9.17) is 16.8 Å². The zero-order valence-corrected chi connectivity index (χ0v) is 25.6. The van der Waals surface area contributed by atoms with Crippen molar-refractivity contribution in [2.45, 2.75) is 0 Å². The molecule has 10 aromatic rings. The smallest absolute Gasteiger partial charge is 0.136 e. The summed E-state index contributed by atoms with van der Waals surface area (Å²) in [6, 6.07) is 19.3. The van der Waals surface area contributed by atoms with Crippen molar-refractivity contribution in [3.05, 3.63) is 182 Å². The van der Waals surface area contributed by atoms with E-state index in [0.717, 1.165) is 10.8 Å². The molecule has 0 atom stereocenters. The third-order valence-corrected chi connectivity index (χ3v) is 8.94. The molecule has 1 heteroatoms. The van der Waals surface area contributed by atoms with E-state index in [1.165, 1.54) is 0 Å². The summed E-state index contributed by atoms with van der Waals surface area (Å²) in [5.41, 5.74) is 0.0916. The molecule has 0 spiro atoms. The first-order chi connectivity index (χ1) is 30.6. The third-order valence-electron chi connectivity index (χ3n) is 8.94. The van der Waals surface area contributed by atoms with Crippen molar-refractivity contribution in [3.8, 4) is 44.5 Å². The van der Waals surface area contributed by atoms with Crippen LogP contribution in [0.1, 0.15) is 20.6 Å². The minimum absolute atomic E-state index is 0.0173. The van der Waals surface area contributed by atoms with Gasteiger partial charge in [0.1, 0.15) is 11.2 Å². The summed E-state index contributed by atoms with van der Waals surface area (Å²) in [5, 5.41) is 3.36. The van der Waals surface area contributed by atoms with Crippen molar-refractivity contribution < 1.29 is 25.0 Å². The van der Waals surface area contributed by atoms with Crippen molar-refractivity contribution >= 4 is 54.3 Å². The topological polar surface area (TPSA) is 13.1 Å². The molecule has 0 radical (unpaired) electrons. The quantitative estimate of drug-likeness (QED) is 0.175. The highest BCUT2D eigenvalue weighted by molar-refractivity contribution is 6.25. The zero-order valence-electron chi connectivity index (χ0n) is 40.6. The Morgan fingerprint density at radius 1 is 0.367 bits per heavy atom. The predicted octanol–water partition coefficient (Wildman–Crippen LogP) is 13.7. The minimum Gasteiger partial charge on any atom is -0.456 e. The van der Waals surface area contributed by atoms with Gasteiger partial charge in [0.15, 0.2) is 0 Å². The van der Waals surface area contributed by atoms with Crippen LogP contribution in [0.5, 0.6) is 0 Å². The predicted molar refractivity (Wildman–Crippen MR) is 208 cm³/mol. The van der Waals surface area contributed by atoms with Gasteiger partial charge >= 0.3 is 0 Å². The lowest BCUT2D eigenvalue weighted by Gasteiger charge is -2.19. The van der Waals surface area contributed by atoms with Crippen LogP contribution in [0.25, 0.3) is 98.8 Å². The van der Waals surface area contributed by atoms with Gasteiger partial charge in [-0.15, -0.1) is 0 Å². The Kier molecular flexibility index (Phi) is 3.75. The molecule has 0 aliphatic carbocycles. The maximum Gasteiger partial charge on any atom is 0.136 e. The van der Waals surface area contributed by atoms with E-state index in [2.05, 4.69) is 0 Å². The molecule has 0 bridgehead atoms. The Labute approximate surface area is 305 Å². The number of hydrogen-bond donors (Lipinski definition) is 0. The lowest BCUT2D eigenvalue weighted by Crippen LogP contribution is -1.91. The maximum atomic E-state index is 9.79. The summed E-state index contributed by atoms with van der Waals surface area (Å²) in [6.45, 7) is 0. The van der Waals surface area contributed by atoms with E-state index >= 15 is 0 Å². The minimum atomic E-state index is -0.698. The van der Waals surface area contributed by atoms with Crippen molar-refractivity contribution in [2.75, 3.05) is 0 Å². The zero-order chi connectivity index (χ0) is 45.4. The lowest BCUT2D eigenvalue weighted by molar-refractivity contribution is 0.669. The molecular weight excluding hydrogens is 593 g/mol. The van der Waals surface area contributed by atoms with Gasteiger partial charge in [0.25, 0.3) is 0 Å². The van der Waals surface area contributed by atoms with Gasteiger partial charge < -0.3 is 4.42 Å². The largest absolute Gasteiger partial charge is 0.456 e. The molecule has 228 valence electrons. The first-order valence-corrected chi connectivity index (χ1v) is 15.6. The van der Waals surface area contributed by atoms with Gasteiger partial charge in [0, 0.05) is 10.8 Å². The summed E-state index contributed by atoms with van der Waals surface area (Å²) >= 11 is 0. The average molecular weight is 638 g/mol. The molecule has 1 nitrogen and oxygen atoms in total. The molecule has 0 amide bonds. The van der Waals surface area contributed by atoms with E-state index in [9.17, 15) is 8.22 Å². The van der Waals surface area contributed by atoms with Crippen LogP contribution in [-0.2, 0) is 0 Å². The number of hydrogen-bond acceptors (Lipinski definition) is 1. The Balaban J connectivity index is 1.35. The van der Waals surface area contributed by atoms with Gasteiger partial charge in [-0.25, -0.2) is 0 Å². The highest BCUT2D eigenvalue weighted by Gasteiger charge is 2.20. The van der Waals surface area contributed by atoms with Crippen LogP contribution >= 0.6 is 0 Å². The molecule has 9 aromatic carbocycles. The van der Waals surface area contributed by atoms with Gasteiger partial charge in [-0.3, -0.25) is 0 Å². The SMILES string of the molecule is [2H]c1c([2H])c([2H])c(-c2c([2H])c([2H])c3c(oc4c([2H])c([2H])c([2H])c(-c5c6ccccc6c(-c6c([2H])c([2H])c([2H])c(-c7cccc8ccccc78)c6[2H])c6ccccc56)c43)c2[2H])c([2H])c1[2H]. The van der Waals surface area contributed by atoms with Crippen LogP contribution in [0, 0.1) is 0 Å². The first kappa shape index (κ1) is 16.6. The van der Waals surface area contributed by atoms with Gasteiger partial charge in [-0.2, -0.15) is 0 Å². The Hall–Kier alpha value is -6.44. The molecule has 1 aromatic heterocycles. The number of benzene rings is 9. The highest BCUT2D eigenvalue weighted by Crippen LogP contribution is 2.47. The summed E-state index contributed by atoms with van der Waals surface area (Å²) in [4.78, 5) is 0. The molecular formula is C48H30O. The van der Waals surface area contributed by atoms with Crippen LogP contribution in [-0.4, -0.2) is 0 Å². The molecule has 0 saturated heterocycles. The van der Waals surface area contributed by atoms with Crippen LogP contribution in [0.4, 0.5) is 0 Å². The van der Waals surface area contributed by atoms with E-state index < -0.39 is 77.6 Å². The van der Waals surface area contributed by atoms with Gasteiger partial charge in [0.2, 0.25) is 0 Å². The fourth-order valence-electron chi connectivity index (χ4n) is 6.85. The van der Waals surface area contributed by atoms with E-state index in [1.54, 1.807) is 54.6 Å². The van der Waals surface area contributed by atoms with Crippen LogP contribution in [0.3, 0.4) is 0 Å². The molecule has 49 heavy (non-hydrogen) atoms. The molecule has 0 unspecified atom stereocenters. The van der Waals surface area contributed by atoms with Crippen molar-refractivity contribution in [1.82, 2.24) is 0 Å². The summed E-state index contributed by atoms with van der Waals surface area (Å²) in [6.07, 6.45) is 0. The van der Waals surface area contributed by atoms with Crippen molar-refractivity contribution in [2.24, 2.45) is 0 Å². The third kappa shape index (κ3) is 4.40. The second-order valence-corrected chi connectivity index (χ2v) is 11.6. The summed E-state index contributed by atoms with van der Waals surface area (Å²) in [5.74, 6) is 0. The fourth-order valence-corrected chi connectivity index (χ4v) is 6.85. The van der Waals surface area contributed by atoms with Gasteiger partial charge in [-0.1, -0.05) is 157 Å². The number of rotatable bonds is 4. The average Bonchev–Trinajstić information content (AvgIpc) is 3.71. The lowest BCUT2D eigenvalue weighted by atomic mass is 9.84. The van der Waals surface area contributed by atoms with Crippen LogP contribution in [0.2, 0.25) is 0 Å². The van der Waals surface area contributed by atoms with Crippen LogP contribution in [0.15, 0.2) is 186 Å². The number of fused-ring (bicyclic) bond motifs is 6. The number of furan rings is 1. The molecule has 0 fully saturated rings. The van der Waals surface area contributed by atoms with Crippen molar-refractivity contribution in [3.63, 3.8) is 0 Å². The molecule has 0 aliphatic heterocycles. The Morgan fingerprint density at radius 3 is 1.78 bits per heavy atom. The Bertz CT molecular complexity index is 3650.